The third-order valence-corrected chi connectivity index (χ3v) is 3.97. The van der Waals surface area contributed by atoms with Crippen molar-refractivity contribution in [2.75, 3.05) is 0 Å². The maximum atomic E-state index is 5.82. The number of aromatic nitrogens is 2. The fraction of sp³-hybridized carbons (Fsp3) is 0.250. The van der Waals surface area contributed by atoms with Crippen LogP contribution in [0.2, 0.25) is 0 Å². The fourth-order valence-electron chi connectivity index (χ4n) is 1.65. The first kappa shape index (κ1) is 11.7. The zero-order valence-corrected chi connectivity index (χ0v) is 11.5. The van der Waals surface area contributed by atoms with Crippen LogP contribution in [0.1, 0.15) is 17.0 Å². The highest BCUT2D eigenvalue weighted by atomic mass is 79.9. The molecule has 0 saturated heterocycles. The molecule has 0 aliphatic carbocycles. The number of alkyl halides is 1. The normalized spacial score (nSPS) is 10.8. The van der Waals surface area contributed by atoms with Gasteiger partial charge < -0.3 is 0 Å². The number of rotatable bonds is 2. The largest absolute Gasteiger partial charge is 0.237 e. The summed E-state index contributed by atoms with van der Waals surface area (Å²) >= 11 is 9.35. The minimum absolute atomic E-state index is 0.522. The number of hydrogen-bond acceptors (Lipinski definition) is 1. The monoisotopic (exact) mass is 298 g/mol. The predicted octanol–water partition coefficient (Wildman–Crippen LogP) is 3.99. The van der Waals surface area contributed by atoms with E-state index in [9.17, 15) is 0 Å². The molecule has 0 aliphatic rings. The highest BCUT2D eigenvalue weighted by Crippen LogP contribution is 2.23. The van der Waals surface area contributed by atoms with Gasteiger partial charge in [0.1, 0.15) is 0 Å². The van der Waals surface area contributed by atoms with Crippen molar-refractivity contribution in [1.29, 1.82) is 0 Å². The van der Waals surface area contributed by atoms with Crippen LogP contribution >= 0.6 is 27.5 Å². The Morgan fingerprint density at radius 3 is 2.69 bits per heavy atom. The second kappa shape index (κ2) is 4.60. The van der Waals surface area contributed by atoms with E-state index >= 15 is 0 Å². The Hall–Kier alpha value is -0.800. The summed E-state index contributed by atoms with van der Waals surface area (Å²) in [5.74, 6) is 0.522. The molecule has 0 bridgehead atoms. The molecule has 1 aromatic heterocycles. The van der Waals surface area contributed by atoms with Gasteiger partial charge in [0.25, 0.3) is 0 Å². The van der Waals surface area contributed by atoms with Gasteiger partial charge in [-0.25, -0.2) is 4.68 Å². The molecule has 16 heavy (non-hydrogen) atoms. The standard InChI is InChI=1S/C12H12BrClN2/c1-8-12(13)9(2)16(15-8)11-5-3-4-10(6-11)7-14/h3-6H,7H2,1-2H3. The minimum atomic E-state index is 0.522. The summed E-state index contributed by atoms with van der Waals surface area (Å²) in [5.41, 5.74) is 4.24. The molecule has 0 spiro atoms. The summed E-state index contributed by atoms with van der Waals surface area (Å²) in [7, 11) is 0. The van der Waals surface area contributed by atoms with Crippen molar-refractivity contribution in [3.63, 3.8) is 0 Å². The molecular weight excluding hydrogens is 288 g/mol. The molecule has 2 aromatic rings. The summed E-state index contributed by atoms with van der Waals surface area (Å²) in [6, 6.07) is 8.09. The average Bonchev–Trinajstić information content (AvgIpc) is 2.57. The summed E-state index contributed by atoms with van der Waals surface area (Å²) in [4.78, 5) is 0. The molecule has 0 unspecified atom stereocenters. The van der Waals surface area contributed by atoms with Crippen LogP contribution in [0.25, 0.3) is 5.69 Å². The summed E-state index contributed by atoms with van der Waals surface area (Å²) < 4.78 is 2.99. The lowest BCUT2D eigenvalue weighted by molar-refractivity contribution is 0.832. The maximum Gasteiger partial charge on any atom is 0.0743 e. The quantitative estimate of drug-likeness (QED) is 0.767. The Morgan fingerprint density at radius 1 is 1.38 bits per heavy atom. The molecule has 0 fully saturated rings. The van der Waals surface area contributed by atoms with Crippen LogP contribution in [0.4, 0.5) is 0 Å². The molecule has 0 amide bonds. The van der Waals surface area contributed by atoms with Crippen molar-refractivity contribution in [2.45, 2.75) is 19.7 Å². The number of aryl methyl sites for hydroxylation is 1. The summed E-state index contributed by atoms with van der Waals surface area (Å²) in [6.07, 6.45) is 0. The highest BCUT2D eigenvalue weighted by Gasteiger charge is 2.10. The van der Waals surface area contributed by atoms with Crippen molar-refractivity contribution in [3.8, 4) is 5.69 Å². The van der Waals surface area contributed by atoms with Crippen LogP contribution in [0.15, 0.2) is 28.7 Å². The molecule has 0 saturated carbocycles. The van der Waals surface area contributed by atoms with Crippen LogP contribution < -0.4 is 0 Å². The first-order chi connectivity index (χ1) is 7.63. The zero-order valence-electron chi connectivity index (χ0n) is 9.17. The first-order valence-electron chi connectivity index (χ1n) is 5.00. The van der Waals surface area contributed by atoms with Gasteiger partial charge in [0, 0.05) is 5.88 Å². The van der Waals surface area contributed by atoms with Gasteiger partial charge in [-0.2, -0.15) is 5.10 Å². The lowest BCUT2D eigenvalue weighted by atomic mass is 10.2. The number of hydrogen-bond donors (Lipinski definition) is 0. The Kier molecular flexibility index (Phi) is 3.36. The smallest absolute Gasteiger partial charge is 0.0743 e. The topological polar surface area (TPSA) is 17.8 Å². The molecule has 1 aromatic carbocycles. The van der Waals surface area contributed by atoms with Crippen LogP contribution in [0.5, 0.6) is 0 Å². The van der Waals surface area contributed by atoms with Gasteiger partial charge in [0.2, 0.25) is 0 Å². The van der Waals surface area contributed by atoms with Gasteiger partial charge in [-0.05, 0) is 47.5 Å². The molecular formula is C12H12BrClN2. The molecule has 84 valence electrons. The van der Waals surface area contributed by atoms with Gasteiger partial charge in [0.15, 0.2) is 0 Å². The van der Waals surface area contributed by atoms with E-state index in [4.69, 9.17) is 11.6 Å². The highest BCUT2D eigenvalue weighted by molar-refractivity contribution is 9.10. The van der Waals surface area contributed by atoms with Gasteiger partial charge >= 0.3 is 0 Å². The van der Waals surface area contributed by atoms with E-state index in [2.05, 4.69) is 27.1 Å². The average molecular weight is 300 g/mol. The first-order valence-corrected chi connectivity index (χ1v) is 6.33. The minimum Gasteiger partial charge on any atom is -0.237 e. The molecule has 1 heterocycles. The van der Waals surface area contributed by atoms with Crippen LogP contribution in [0.3, 0.4) is 0 Å². The second-order valence-corrected chi connectivity index (χ2v) is 4.76. The molecule has 2 nitrogen and oxygen atoms in total. The molecule has 0 N–H and O–H groups in total. The molecule has 0 radical (unpaired) electrons. The Bertz CT molecular complexity index is 520. The molecule has 2 rings (SSSR count). The SMILES string of the molecule is Cc1nn(-c2cccc(CCl)c2)c(C)c1Br. The third kappa shape index (κ3) is 2.02. The third-order valence-electron chi connectivity index (χ3n) is 2.51. The van der Waals surface area contributed by atoms with Crippen LogP contribution in [-0.2, 0) is 5.88 Å². The van der Waals surface area contributed by atoms with Gasteiger partial charge in [-0.1, -0.05) is 12.1 Å². The number of halogens is 2. The maximum absolute atomic E-state index is 5.82. The van der Waals surface area contributed by atoms with E-state index in [1.165, 1.54) is 0 Å². The lowest BCUT2D eigenvalue weighted by Gasteiger charge is -2.05. The zero-order chi connectivity index (χ0) is 11.7. The Balaban J connectivity index is 2.54. The second-order valence-electron chi connectivity index (χ2n) is 3.70. The summed E-state index contributed by atoms with van der Waals surface area (Å²) in [6.45, 7) is 4.02. The summed E-state index contributed by atoms with van der Waals surface area (Å²) in [5, 5.41) is 4.48. The van der Waals surface area contributed by atoms with E-state index < -0.39 is 0 Å². The van der Waals surface area contributed by atoms with Gasteiger partial charge in [0.05, 0.1) is 21.5 Å². The van der Waals surface area contributed by atoms with Gasteiger partial charge in [-0.15, -0.1) is 11.6 Å². The van der Waals surface area contributed by atoms with E-state index in [1.54, 1.807) is 0 Å². The van der Waals surface area contributed by atoms with Crippen molar-refractivity contribution in [3.05, 3.63) is 45.7 Å². The van der Waals surface area contributed by atoms with Crippen molar-refractivity contribution in [1.82, 2.24) is 9.78 Å². The number of nitrogens with zero attached hydrogens (tertiary/aromatic N) is 2. The Labute approximate surface area is 108 Å². The van der Waals surface area contributed by atoms with Crippen LogP contribution in [-0.4, -0.2) is 9.78 Å². The Morgan fingerprint density at radius 2 is 2.12 bits per heavy atom. The van der Waals surface area contributed by atoms with E-state index in [0.717, 1.165) is 27.1 Å². The van der Waals surface area contributed by atoms with Crippen molar-refractivity contribution in [2.24, 2.45) is 0 Å². The number of benzene rings is 1. The van der Waals surface area contributed by atoms with Crippen molar-refractivity contribution >= 4 is 27.5 Å². The predicted molar refractivity (Wildman–Crippen MR) is 70.3 cm³/mol. The van der Waals surface area contributed by atoms with E-state index in [-0.39, 0.29) is 0 Å². The fourth-order valence-corrected chi connectivity index (χ4v) is 2.06. The van der Waals surface area contributed by atoms with E-state index in [1.807, 2.05) is 36.7 Å². The lowest BCUT2D eigenvalue weighted by Crippen LogP contribution is -1.99. The molecule has 0 atom stereocenters. The molecule has 4 heteroatoms. The molecule has 0 aliphatic heterocycles. The van der Waals surface area contributed by atoms with Gasteiger partial charge in [-0.3, -0.25) is 0 Å². The van der Waals surface area contributed by atoms with E-state index in [0.29, 0.717) is 5.88 Å². The van der Waals surface area contributed by atoms with Crippen LogP contribution in [0, 0.1) is 13.8 Å². The van der Waals surface area contributed by atoms with Crippen molar-refractivity contribution < 1.29 is 0 Å².